The van der Waals surface area contributed by atoms with Gasteiger partial charge in [0, 0.05) is 11.6 Å². The van der Waals surface area contributed by atoms with Gasteiger partial charge < -0.3 is 0 Å². The van der Waals surface area contributed by atoms with Crippen molar-refractivity contribution < 1.29 is 19.4 Å². The molecule has 4 nitrogen and oxygen atoms in total. The average Bonchev–Trinajstić information content (AvgIpc) is 2.31. The van der Waals surface area contributed by atoms with Crippen molar-refractivity contribution in [1.29, 1.82) is 0 Å². The summed E-state index contributed by atoms with van der Waals surface area (Å²) in [6, 6.07) is 5.78. The van der Waals surface area contributed by atoms with Crippen LogP contribution in [0.5, 0.6) is 0 Å². The zero-order valence-corrected chi connectivity index (χ0v) is 8.15. The van der Waals surface area contributed by atoms with Crippen molar-refractivity contribution >= 4 is 22.7 Å². The van der Waals surface area contributed by atoms with Crippen LogP contribution < -0.4 is 0 Å². The molecular formula is C12H6O4. The topological polar surface area (TPSA) is 52.6 Å². The fourth-order valence-electron chi connectivity index (χ4n) is 1.92. The van der Waals surface area contributed by atoms with Crippen LogP contribution >= 0.6 is 0 Å². The van der Waals surface area contributed by atoms with E-state index < -0.39 is 11.9 Å². The first-order chi connectivity index (χ1) is 7.72. The summed E-state index contributed by atoms with van der Waals surface area (Å²) in [6.07, 6.45) is 0.925. The van der Waals surface area contributed by atoms with Crippen molar-refractivity contribution in [2.75, 3.05) is 0 Å². The van der Waals surface area contributed by atoms with Gasteiger partial charge in [0.15, 0.2) is 0 Å². The van der Waals surface area contributed by atoms with Crippen LogP contribution in [-0.2, 0) is 14.6 Å². The lowest BCUT2D eigenvalue weighted by Crippen LogP contribution is -2.16. The van der Waals surface area contributed by atoms with Gasteiger partial charge in [0.25, 0.3) is 0 Å². The van der Waals surface area contributed by atoms with Crippen LogP contribution in [0.15, 0.2) is 30.9 Å². The van der Waals surface area contributed by atoms with Crippen LogP contribution in [0.1, 0.15) is 10.4 Å². The monoisotopic (exact) mass is 214 g/mol. The number of hydrogen-bond donors (Lipinski definition) is 0. The molecule has 0 saturated heterocycles. The lowest BCUT2D eigenvalue weighted by molar-refractivity contribution is -0.228. The standard InChI is InChI=1S/C12H6O4/c1-2-9(13)15-16-12(14)11-7-4-3-6-5-8(7)10(6)11/h2-5H,1H2. The van der Waals surface area contributed by atoms with E-state index in [1.807, 2.05) is 18.2 Å². The van der Waals surface area contributed by atoms with E-state index in [9.17, 15) is 9.59 Å². The summed E-state index contributed by atoms with van der Waals surface area (Å²) in [7, 11) is 0. The maximum atomic E-state index is 11.5. The largest absolute Gasteiger partial charge is 0.387 e. The summed E-state index contributed by atoms with van der Waals surface area (Å²) in [5.74, 6) is -1.43. The predicted molar refractivity (Wildman–Crippen MR) is 55.8 cm³/mol. The molecule has 0 radical (unpaired) electrons. The molecule has 0 saturated carbocycles. The van der Waals surface area contributed by atoms with E-state index >= 15 is 0 Å². The molecule has 0 fully saturated rings. The summed E-state index contributed by atoms with van der Waals surface area (Å²) in [5.41, 5.74) is 2.49. The Bertz CT molecular complexity index is 622. The minimum Gasteiger partial charge on any atom is -0.242 e. The van der Waals surface area contributed by atoms with Gasteiger partial charge in [-0.1, -0.05) is 18.7 Å². The molecular weight excluding hydrogens is 208 g/mol. The SMILES string of the molecule is C=CC(=O)OOC(=O)c1c2ccc3cc2c13. The molecule has 78 valence electrons. The first-order valence-corrected chi connectivity index (χ1v) is 4.67. The molecule has 2 aliphatic carbocycles. The van der Waals surface area contributed by atoms with Gasteiger partial charge in [-0.2, -0.15) is 0 Å². The van der Waals surface area contributed by atoms with Crippen LogP contribution in [0, 0.1) is 0 Å². The van der Waals surface area contributed by atoms with Gasteiger partial charge in [0.2, 0.25) is 0 Å². The van der Waals surface area contributed by atoms with Crippen LogP contribution in [0.25, 0.3) is 21.9 Å². The molecule has 2 aromatic rings. The molecule has 0 spiro atoms. The summed E-state index contributed by atoms with van der Waals surface area (Å²) in [6.45, 7) is 3.19. The Labute approximate surface area is 90.3 Å². The van der Waals surface area contributed by atoms with E-state index in [0.29, 0.717) is 5.56 Å². The smallest absolute Gasteiger partial charge is 0.242 e. The third-order valence-electron chi connectivity index (χ3n) is 2.67. The van der Waals surface area contributed by atoms with Crippen molar-refractivity contribution in [2.24, 2.45) is 0 Å². The fourth-order valence-corrected chi connectivity index (χ4v) is 1.92. The first-order valence-electron chi connectivity index (χ1n) is 4.67. The van der Waals surface area contributed by atoms with Gasteiger partial charge in [-0.3, -0.25) is 0 Å². The summed E-state index contributed by atoms with van der Waals surface area (Å²) in [4.78, 5) is 30.8. The van der Waals surface area contributed by atoms with Gasteiger partial charge in [-0.05, 0) is 22.4 Å². The highest BCUT2D eigenvalue weighted by molar-refractivity contribution is 6.25. The molecule has 0 atom stereocenters. The Balaban J connectivity index is 1.80. The number of carbonyl (C=O) groups excluding carboxylic acids is 2. The summed E-state index contributed by atoms with van der Waals surface area (Å²) < 4.78 is 0. The van der Waals surface area contributed by atoms with Crippen molar-refractivity contribution in [3.05, 3.63) is 36.4 Å². The second kappa shape index (κ2) is 2.82. The maximum absolute atomic E-state index is 11.5. The molecule has 4 rings (SSSR count). The van der Waals surface area contributed by atoms with Crippen molar-refractivity contribution in [1.82, 2.24) is 0 Å². The molecule has 0 amide bonds. The van der Waals surface area contributed by atoms with Gasteiger partial charge in [0.05, 0.1) is 5.56 Å². The third-order valence-corrected chi connectivity index (χ3v) is 2.67. The van der Waals surface area contributed by atoms with E-state index in [2.05, 4.69) is 16.4 Å². The maximum Gasteiger partial charge on any atom is 0.387 e. The average molecular weight is 214 g/mol. The molecule has 0 aromatic heterocycles. The van der Waals surface area contributed by atoms with Gasteiger partial charge >= 0.3 is 11.9 Å². The second-order valence-electron chi connectivity index (χ2n) is 3.49. The fraction of sp³-hybridized carbons (Fsp3) is 0. The van der Waals surface area contributed by atoms with Crippen LogP contribution in [0.4, 0.5) is 0 Å². The Kier molecular flexibility index (Phi) is 1.57. The van der Waals surface area contributed by atoms with E-state index in [-0.39, 0.29) is 0 Å². The molecule has 0 N–H and O–H groups in total. The summed E-state index contributed by atoms with van der Waals surface area (Å²) in [5, 5.41) is 1.87. The first kappa shape index (κ1) is 8.91. The highest BCUT2D eigenvalue weighted by atomic mass is 17.2. The van der Waals surface area contributed by atoms with Gasteiger partial charge in [-0.15, -0.1) is 0 Å². The second-order valence-corrected chi connectivity index (χ2v) is 3.49. The van der Waals surface area contributed by atoms with Gasteiger partial charge in [-0.25, -0.2) is 19.4 Å². The van der Waals surface area contributed by atoms with Crippen molar-refractivity contribution in [2.45, 2.75) is 0 Å². The molecule has 16 heavy (non-hydrogen) atoms. The highest BCUT2D eigenvalue weighted by Crippen LogP contribution is 2.50. The predicted octanol–water partition coefficient (Wildman–Crippen LogP) is 2.06. The van der Waals surface area contributed by atoms with E-state index in [0.717, 1.165) is 28.0 Å². The number of benzene rings is 4. The number of fused-ring (bicyclic) bond motifs is 1. The van der Waals surface area contributed by atoms with Crippen LogP contribution in [0.3, 0.4) is 0 Å². The van der Waals surface area contributed by atoms with Crippen molar-refractivity contribution in [3.8, 4) is 11.1 Å². The molecule has 0 heterocycles. The van der Waals surface area contributed by atoms with Crippen molar-refractivity contribution in [3.63, 3.8) is 0 Å². The molecule has 2 aliphatic rings. The lowest BCUT2D eigenvalue weighted by atomic mass is 9.76. The van der Waals surface area contributed by atoms with E-state index in [4.69, 9.17) is 0 Å². The normalized spacial score (nSPS) is 11.2. The van der Waals surface area contributed by atoms with E-state index in [1.165, 1.54) is 0 Å². The highest BCUT2D eigenvalue weighted by Gasteiger charge is 2.33. The molecule has 0 aliphatic heterocycles. The lowest BCUT2D eigenvalue weighted by Gasteiger charge is -2.27. The van der Waals surface area contributed by atoms with Gasteiger partial charge in [0.1, 0.15) is 0 Å². The Morgan fingerprint density at radius 1 is 1.25 bits per heavy atom. The summed E-state index contributed by atoms with van der Waals surface area (Å²) >= 11 is 0. The number of rotatable bonds is 2. The zero-order valence-electron chi connectivity index (χ0n) is 8.15. The minimum absolute atomic E-state index is 0.492. The third kappa shape index (κ3) is 0.930. The quantitative estimate of drug-likeness (QED) is 0.372. The molecule has 2 aromatic carbocycles. The zero-order chi connectivity index (χ0) is 11.3. The molecule has 0 unspecified atom stereocenters. The minimum atomic E-state index is -0.791. The number of carbonyl (C=O) groups is 2. The number of hydrogen-bond acceptors (Lipinski definition) is 4. The van der Waals surface area contributed by atoms with Crippen LogP contribution in [-0.4, -0.2) is 11.9 Å². The van der Waals surface area contributed by atoms with E-state index in [1.54, 1.807) is 0 Å². The Morgan fingerprint density at radius 3 is 2.56 bits per heavy atom. The Morgan fingerprint density at radius 2 is 2.06 bits per heavy atom. The Hall–Kier alpha value is -2.36. The molecule has 4 heteroatoms. The molecule has 4 bridgehead atoms. The van der Waals surface area contributed by atoms with Crippen LogP contribution in [0.2, 0.25) is 0 Å².